The van der Waals surface area contributed by atoms with Gasteiger partial charge in [-0.1, -0.05) is 48.0 Å². The van der Waals surface area contributed by atoms with Crippen molar-refractivity contribution in [3.8, 4) is 0 Å². The second-order valence-electron chi connectivity index (χ2n) is 8.39. The summed E-state index contributed by atoms with van der Waals surface area (Å²) in [4.78, 5) is 17.0. The van der Waals surface area contributed by atoms with Gasteiger partial charge in [0, 0.05) is 28.9 Å². The second kappa shape index (κ2) is 8.67. The van der Waals surface area contributed by atoms with Crippen molar-refractivity contribution in [2.75, 3.05) is 10.6 Å². The Hall–Kier alpha value is -3.31. The van der Waals surface area contributed by atoms with Crippen LogP contribution in [0.4, 0.5) is 11.4 Å². The molecule has 1 atom stereocenters. The van der Waals surface area contributed by atoms with Gasteiger partial charge in [-0.2, -0.15) is 0 Å². The van der Waals surface area contributed by atoms with Gasteiger partial charge in [0.15, 0.2) is 0 Å². The largest absolute Gasteiger partial charge is 0.375 e. The standard InChI is InChI=1S/C26H25ClN4O/c1-17(28-21-8-5-9-22(15-21)29-26(32)19-10-11-19)25-30-23-14-20(27)12-13-24(23)31(25)16-18-6-3-2-4-7-18/h2-9,12-15,17,19,28H,10-11,16H2,1H3,(H,29,32)/t17-/m0/s1. The Morgan fingerprint density at radius 3 is 2.62 bits per heavy atom. The summed E-state index contributed by atoms with van der Waals surface area (Å²) < 4.78 is 2.23. The quantitative estimate of drug-likeness (QED) is 0.353. The van der Waals surface area contributed by atoms with Crippen LogP contribution >= 0.6 is 11.6 Å². The fraction of sp³-hybridized carbons (Fsp3) is 0.231. The molecule has 4 aromatic rings. The first-order valence-corrected chi connectivity index (χ1v) is 11.3. The molecule has 2 N–H and O–H groups in total. The van der Waals surface area contributed by atoms with Crippen LogP contribution < -0.4 is 10.6 Å². The van der Waals surface area contributed by atoms with E-state index >= 15 is 0 Å². The molecule has 1 aromatic heterocycles. The number of fused-ring (bicyclic) bond motifs is 1. The SMILES string of the molecule is C[C@H](Nc1cccc(NC(=O)C2CC2)c1)c1nc2cc(Cl)ccc2n1Cc1ccccc1. The Balaban J connectivity index is 1.43. The highest BCUT2D eigenvalue weighted by Crippen LogP contribution is 2.31. The predicted molar refractivity (Wildman–Crippen MR) is 130 cm³/mol. The van der Waals surface area contributed by atoms with E-state index in [1.807, 2.05) is 60.7 Å². The number of rotatable bonds is 7. The van der Waals surface area contributed by atoms with E-state index in [4.69, 9.17) is 16.6 Å². The van der Waals surface area contributed by atoms with E-state index in [1.165, 1.54) is 5.56 Å². The number of carbonyl (C=O) groups is 1. The Morgan fingerprint density at radius 1 is 1.06 bits per heavy atom. The summed E-state index contributed by atoms with van der Waals surface area (Å²) in [5, 5.41) is 7.24. The average Bonchev–Trinajstić information content (AvgIpc) is 3.58. The van der Waals surface area contributed by atoms with E-state index in [2.05, 4.69) is 34.3 Å². The Morgan fingerprint density at radius 2 is 1.84 bits per heavy atom. The first-order valence-electron chi connectivity index (χ1n) is 10.9. The highest BCUT2D eigenvalue weighted by Gasteiger charge is 2.29. The maximum absolute atomic E-state index is 12.1. The van der Waals surface area contributed by atoms with Crippen LogP contribution in [0.3, 0.4) is 0 Å². The molecule has 162 valence electrons. The number of imidazole rings is 1. The third-order valence-electron chi connectivity index (χ3n) is 5.77. The monoisotopic (exact) mass is 444 g/mol. The van der Waals surface area contributed by atoms with Crippen LogP contribution in [0.2, 0.25) is 5.02 Å². The first-order chi connectivity index (χ1) is 15.6. The number of amides is 1. The molecule has 1 aliphatic carbocycles. The van der Waals surface area contributed by atoms with Crippen molar-refractivity contribution in [3.05, 3.63) is 89.2 Å². The van der Waals surface area contributed by atoms with Gasteiger partial charge in [-0.25, -0.2) is 4.98 Å². The van der Waals surface area contributed by atoms with Crippen LogP contribution in [0.15, 0.2) is 72.8 Å². The summed E-state index contributed by atoms with van der Waals surface area (Å²) in [5.74, 6) is 1.21. The van der Waals surface area contributed by atoms with Gasteiger partial charge >= 0.3 is 0 Å². The average molecular weight is 445 g/mol. The number of benzene rings is 3. The Bertz CT molecular complexity index is 1260. The van der Waals surface area contributed by atoms with E-state index in [0.29, 0.717) is 5.02 Å². The van der Waals surface area contributed by atoms with E-state index in [0.717, 1.165) is 47.6 Å². The first kappa shape index (κ1) is 20.6. The molecule has 1 saturated carbocycles. The molecule has 6 heteroatoms. The molecule has 5 rings (SSSR count). The maximum Gasteiger partial charge on any atom is 0.227 e. The van der Waals surface area contributed by atoms with Crippen molar-refractivity contribution in [3.63, 3.8) is 0 Å². The number of hydrogen-bond donors (Lipinski definition) is 2. The molecule has 0 spiro atoms. The van der Waals surface area contributed by atoms with Gasteiger partial charge < -0.3 is 15.2 Å². The summed E-state index contributed by atoms with van der Waals surface area (Å²) in [7, 11) is 0. The topological polar surface area (TPSA) is 58.9 Å². The molecular formula is C26H25ClN4O. The molecule has 0 saturated heterocycles. The lowest BCUT2D eigenvalue weighted by molar-refractivity contribution is -0.117. The maximum atomic E-state index is 12.1. The number of halogens is 1. The lowest BCUT2D eigenvalue weighted by Crippen LogP contribution is -2.15. The third kappa shape index (κ3) is 4.48. The van der Waals surface area contributed by atoms with Crippen molar-refractivity contribution >= 4 is 39.9 Å². The molecule has 0 unspecified atom stereocenters. The molecule has 1 heterocycles. The minimum atomic E-state index is -0.0562. The summed E-state index contributed by atoms with van der Waals surface area (Å²) in [6.07, 6.45) is 1.98. The highest BCUT2D eigenvalue weighted by atomic mass is 35.5. The van der Waals surface area contributed by atoms with Gasteiger partial charge in [0.2, 0.25) is 5.91 Å². The number of hydrogen-bond acceptors (Lipinski definition) is 3. The van der Waals surface area contributed by atoms with Crippen LogP contribution in [0, 0.1) is 5.92 Å². The summed E-state index contributed by atoms with van der Waals surface area (Å²) in [5.41, 5.74) is 4.88. The number of carbonyl (C=O) groups excluding carboxylic acids is 1. The highest BCUT2D eigenvalue weighted by molar-refractivity contribution is 6.31. The molecule has 32 heavy (non-hydrogen) atoms. The number of aromatic nitrogens is 2. The lowest BCUT2D eigenvalue weighted by Gasteiger charge is -2.18. The molecule has 5 nitrogen and oxygen atoms in total. The van der Waals surface area contributed by atoms with Gasteiger partial charge in [-0.15, -0.1) is 0 Å². The fourth-order valence-electron chi connectivity index (χ4n) is 3.98. The zero-order valence-electron chi connectivity index (χ0n) is 17.9. The zero-order chi connectivity index (χ0) is 22.1. The van der Waals surface area contributed by atoms with Crippen LogP contribution in [0.5, 0.6) is 0 Å². The van der Waals surface area contributed by atoms with E-state index in [9.17, 15) is 4.79 Å². The van der Waals surface area contributed by atoms with Crippen LogP contribution in [0.25, 0.3) is 11.0 Å². The zero-order valence-corrected chi connectivity index (χ0v) is 18.6. The summed E-state index contributed by atoms with van der Waals surface area (Å²) >= 11 is 6.24. The summed E-state index contributed by atoms with van der Waals surface area (Å²) in [6.45, 7) is 2.82. The number of nitrogens with zero attached hydrogens (tertiary/aromatic N) is 2. The summed E-state index contributed by atoms with van der Waals surface area (Å²) in [6, 6.07) is 24.0. The minimum absolute atomic E-state index is 0.0562. The van der Waals surface area contributed by atoms with Gasteiger partial charge in [-0.3, -0.25) is 4.79 Å². The van der Waals surface area contributed by atoms with E-state index in [1.54, 1.807) is 0 Å². The molecule has 0 radical (unpaired) electrons. The minimum Gasteiger partial charge on any atom is -0.375 e. The van der Waals surface area contributed by atoms with E-state index in [-0.39, 0.29) is 17.9 Å². The van der Waals surface area contributed by atoms with Crippen molar-refractivity contribution in [2.45, 2.75) is 32.4 Å². The molecule has 1 amide bonds. The molecule has 0 aliphatic heterocycles. The Kier molecular flexibility index (Phi) is 5.58. The Labute approximate surface area is 192 Å². The second-order valence-corrected chi connectivity index (χ2v) is 8.82. The smallest absolute Gasteiger partial charge is 0.227 e. The van der Waals surface area contributed by atoms with Crippen LogP contribution in [-0.4, -0.2) is 15.5 Å². The van der Waals surface area contributed by atoms with Crippen molar-refractivity contribution in [1.29, 1.82) is 0 Å². The normalized spacial score (nSPS) is 14.3. The fourth-order valence-corrected chi connectivity index (χ4v) is 4.14. The molecule has 1 aliphatic rings. The molecule has 3 aromatic carbocycles. The predicted octanol–water partition coefficient (Wildman–Crippen LogP) is 6.26. The number of anilines is 2. The third-order valence-corrected chi connectivity index (χ3v) is 6.01. The van der Waals surface area contributed by atoms with Gasteiger partial charge in [-0.05, 0) is 61.7 Å². The molecule has 0 bridgehead atoms. The van der Waals surface area contributed by atoms with Gasteiger partial charge in [0.25, 0.3) is 0 Å². The van der Waals surface area contributed by atoms with Crippen LogP contribution in [0.1, 0.15) is 37.2 Å². The van der Waals surface area contributed by atoms with Gasteiger partial charge in [0.05, 0.1) is 17.1 Å². The number of nitrogens with one attached hydrogen (secondary N) is 2. The van der Waals surface area contributed by atoms with E-state index < -0.39 is 0 Å². The van der Waals surface area contributed by atoms with Crippen LogP contribution in [-0.2, 0) is 11.3 Å². The van der Waals surface area contributed by atoms with Crippen molar-refractivity contribution in [1.82, 2.24) is 9.55 Å². The lowest BCUT2D eigenvalue weighted by atomic mass is 10.2. The van der Waals surface area contributed by atoms with Crippen molar-refractivity contribution < 1.29 is 4.79 Å². The van der Waals surface area contributed by atoms with Gasteiger partial charge in [0.1, 0.15) is 5.82 Å². The van der Waals surface area contributed by atoms with Crippen molar-refractivity contribution in [2.24, 2.45) is 5.92 Å². The molecular weight excluding hydrogens is 420 g/mol. The molecule has 1 fully saturated rings.